The van der Waals surface area contributed by atoms with Crippen molar-refractivity contribution in [2.75, 3.05) is 47.5 Å². The highest BCUT2D eigenvalue weighted by molar-refractivity contribution is 5.68. The average Bonchev–Trinajstić information content (AvgIpc) is 2.88. The second-order valence-electron chi connectivity index (χ2n) is 5.16. The molecule has 1 aliphatic rings. The van der Waals surface area contributed by atoms with Gasteiger partial charge in [-0.25, -0.2) is 4.79 Å². The van der Waals surface area contributed by atoms with E-state index in [0.29, 0.717) is 35.9 Å². The number of hydrogen-bond acceptors (Lipinski definition) is 6. The van der Waals surface area contributed by atoms with E-state index in [1.807, 2.05) is 0 Å². The fourth-order valence-electron chi connectivity index (χ4n) is 2.47. The molecule has 0 radical (unpaired) electrons. The summed E-state index contributed by atoms with van der Waals surface area (Å²) < 4.78 is 21.4. The Balaban J connectivity index is 2.08. The van der Waals surface area contributed by atoms with Crippen molar-refractivity contribution in [2.45, 2.75) is 13.0 Å². The van der Waals surface area contributed by atoms with E-state index >= 15 is 0 Å². The number of hydrogen-bond donors (Lipinski definition) is 1. The topological polar surface area (TPSA) is 69.3 Å². The Morgan fingerprint density at radius 2 is 1.78 bits per heavy atom. The summed E-state index contributed by atoms with van der Waals surface area (Å²) in [5, 5.41) is 3.25. The van der Waals surface area contributed by atoms with E-state index in [9.17, 15) is 4.79 Å². The summed E-state index contributed by atoms with van der Waals surface area (Å²) in [7, 11) is 4.68. The van der Waals surface area contributed by atoms with Gasteiger partial charge in [0.05, 0.1) is 26.9 Å². The first kappa shape index (κ1) is 17.2. The van der Waals surface area contributed by atoms with Crippen LogP contribution in [0, 0.1) is 0 Å². The van der Waals surface area contributed by atoms with E-state index < -0.39 is 0 Å². The summed E-state index contributed by atoms with van der Waals surface area (Å²) in [6.45, 7) is 3.13. The van der Waals surface area contributed by atoms with Crippen molar-refractivity contribution >= 4 is 6.09 Å². The zero-order chi connectivity index (χ0) is 16.7. The number of carbonyl (C=O) groups excluding carboxylic acids is 1. The van der Waals surface area contributed by atoms with Gasteiger partial charge in [-0.05, 0) is 13.0 Å². The molecule has 0 atom stereocenters. The Morgan fingerprint density at radius 1 is 1.09 bits per heavy atom. The quantitative estimate of drug-likeness (QED) is 0.888. The Labute approximate surface area is 136 Å². The standard InChI is InChI=1S/C16H24N2O5/c1-20-12-9-14(21-2)13(15(10-12)22-3)11-23-16(19)18-7-4-5-17-6-8-18/h9-10,17H,4-8,11H2,1-3H3. The minimum Gasteiger partial charge on any atom is -0.496 e. The summed E-state index contributed by atoms with van der Waals surface area (Å²) in [4.78, 5) is 13.9. The molecule has 0 unspecified atom stereocenters. The lowest BCUT2D eigenvalue weighted by Crippen LogP contribution is -2.34. The smallest absolute Gasteiger partial charge is 0.410 e. The van der Waals surface area contributed by atoms with Crippen LogP contribution in [0.4, 0.5) is 4.79 Å². The van der Waals surface area contributed by atoms with E-state index in [1.165, 1.54) is 0 Å². The molecule has 0 spiro atoms. The van der Waals surface area contributed by atoms with E-state index in [-0.39, 0.29) is 12.7 Å². The molecule has 1 saturated heterocycles. The molecule has 0 bridgehead atoms. The van der Waals surface area contributed by atoms with Crippen LogP contribution in [0.3, 0.4) is 0 Å². The molecule has 0 aromatic heterocycles. The second-order valence-corrected chi connectivity index (χ2v) is 5.16. The molecule has 1 aromatic carbocycles. The molecule has 7 heteroatoms. The molecule has 0 saturated carbocycles. The lowest BCUT2D eigenvalue weighted by molar-refractivity contribution is 0.0969. The van der Waals surface area contributed by atoms with Crippen LogP contribution in [0.25, 0.3) is 0 Å². The van der Waals surface area contributed by atoms with Crippen LogP contribution in [0.5, 0.6) is 17.2 Å². The van der Waals surface area contributed by atoms with Gasteiger partial charge in [0, 0.05) is 31.8 Å². The van der Waals surface area contributed by atoms with Crippen molar-refractivity contribution < 1.29 is 23.7 Å². The predicted molar refractivity (Wildman–Crippen MR) is 85.3 cm³/mol. The first-order valence-electron chi connectivity index (χ1n) is 7.61. The van der Waals surface area contributed by atoms with Gasteiger partial charge in [0.25, 0.3) is 0 Å². The van der Waals surface area contributed by atoms with Gasteiger partial charge in [0.1, 0.15) is 23.9 Å². The number of ether oxygens (including phenoxy) is 4. The van der Waals surface area contributed by atoms with Gasteiger partial charge in [0.2, 0.25) is 0 Å². The largest absolute Gasteiger partial charge is 0.496 e. The lowest BCUT2D eigenvalue weighted by atomic mass is 10.1. The summed E-state index contributed by atoms with van der Waals surface area (Å²) in [5.41, 5.74) is 0.678. The number of carbonyl (C=O) groups is 1. The number of benzene rings is 1. The Hall–Kier alpha value is -2.15. The van der Waals surface area contributed by atoms with Crippen LogP contribution < -0.4 is 19.5 Å². The zero-order valence-electron chi connectivity index (χ0n) is 13.9. The van der Waals surface area contributed by atoms with Gasteiger partial charge in [-0.15, -0.1) is 0 Å². The Bertz CT molecular complexity index is 502. The molecule has 1 aromatic rings. The maximum atomic E-state index is 12.2. The molecule has 1 amide bonds. The molecular formula is C16H24N2O5. The molecular weight excluding hydrogens is 300 g/mol. The number of nitrogens with one attached hydrogen (secondary N) is 1. The van der Waals surface area contributed by atoms with Crippen LogP contribution in [0.1, 0.15) is 12.0 Å². The molecule has 2 rings (SSSR count). The van der Waals surface area contributed by atoms with E-state index in [0.717, 1.165) is 19.5 Å². The first-order valence-corrected chi connectivity index (χ1v) is 7.61. The van der Waals surface area contributed by atoms with Gasteiger partial charge in [-0.1, -0.05) is 0 Å². The average molecular weight is 324 g/mol. The monoisotopic (exact) mass is 324 g/mol. The SMILES string of the molecule is COc1cc(OC)c(COC(=O)N2CCCNCC2)c(OC)c1. The predicted octanol–water partition coefficient (Wildman–Crippen LogP) is 1.64. The van der Waals surface area contributed by atoms with Crippen molar-refractivity contribution in [2.24, 2.45) is 0 Å². The van der Waals surface area contributed by atoms with Crippen LogP contribution >= 0.6 is 0 Å². The summed E-state index contributed by atoms with van der Waals surface area (Å²) >= 11 is 0. The van der Waals surface area contributed by atoms with Crippen LogP contribution in [0.15, 0.2) is 12.1 Å². The first-order chi connectivity index (χ1) is 11.2. The molecule has 7 nitrogen and oxygen atoms in total. The molecule has 1 N–H and O–H groups in total. The summed E-state index contributed by atoms with van der Waals surface area (Å²) in [6, 6.07) is 3.48. The third kappa shape index (κ3) is 4.41. The molecule has 1 aliphatic heterocycles. The maximum absolute atomic E-state index is 12.2. The van der Waals surface area contributed by atoms with Crippen molar-refractivity contribution in [3.8, 4) is 17.2 Å². The van der Waals surface area contributed by atoms with E-state index in [4.69, 9.17) is 18.9 Å². The lowest BCUT2D eigenvalue weighted by Gasteiger charge is -2.20. The van der Waals surface area contributed by atoms with Crippen LogP contribution in [-0.2, 0) is 11.3 Å². The Kier molecular flexibility index (Phi) is 6.34. The number of methoxy groups -OCH3 is 3. The van der Waals surface area contributed by atoms with E-state index in [2.05, 4.69) is 5.32 Å². The van der Waals surface area contributed by atoms with Crippen molar-refractivity contribution in [3.05, 3.63) is 17.7 Å². The highest BCUT2D eigenvalue weighted by Crippen LogP contribution is 2.34. The van der Waals surface area contributed by atoms with Gasteiger partial charge in [0.15, 0.2) is 0 Å². The van der Waals surface area contributed by atoms with Gasteiger partial charge >= 0.3 is 6.09 Å². The van der Waals surface area contributed by atoms with Gasteiger partial charge in [-0.2, -0.15) is 0 Å². The maximum Gasteiger partial charge on any atom is 0.410 e. The minimum atomic E-state index is -0.325. The highest BCUT2D eigenvalue weighted by atomic mass is 16.6. The summed E-state index contributed by atoms with van der Waals surface area (Å²) in [5.74, 6) is 1.74. The van der Waals surface area contributed by atoms with E-state index in [1.54, 1.807) is 38.4 Å². The molecule has 1 heterocycles. The number of nitrogens with zero attached hydrogens (tertiary/aromatic N) is 1. The molecule has 1 fully saturated rings. The van der Waals surface area contributed by atoms with Crippen molar-refractivity contribution in [1.29, 1.82) is 0 Å². The number of amides is 1. The van der Waals surface area contributed by atoms with Gasteiger partial charge in [-0.3, -0.25) is 0 Å². The zero-order valence-corrected chi connectivity index (χ0v) is 13.9. The molecule has 0 aliphatic carbocycles. The minimum absolute atomic E-state index is 0.0824. The summed E-state index contributed by atoms with van der Waals surface area (Å²) in [6.07, 6.45) is 0.596. The van der Waals surface area contributed by atoms with Crippen LogP contribution in [-0.4, -0.2) is 58.5 Å². The van der Waals surface area contributed by atoms with Gasteiger partial charge < -0.3 is 29.2 Å². The third-order valence-electron chi connectivity index (χ3n) is 3.76. The highest BCUT2D eigenvalue weighted by Gasteiger charge is 2.19. The number of rotatable bonds is 5. The fourth-order valence-corrected chi connectivity index (χ4v) is 2.47. The molecule has 23 heavy (non-hydrogen) atoms. The van der Waals surface area contributed by atoms with Crippen LogP contribution in [0.2, 0.25) is 0 Å². The molecule has 128 valence electrons. The van der Waals surface area contributed by atoms with Crippen molar-refractivity contribution in [1.82, 2.24) is 10.2 Å². The Morgan fingerprint density at radius 3 is 2.39 bits per heavy atom. The third-order valence-corrected chi connectivity index (χ3v) is 3.76. The van der Waals surface area contributed by atoms with Crippen molar-refractivity contribution in [3.63, 3.8) is 0 Å². The fraction of sp³-hybridized carbons (Fsp3) is 0.562. The normalized spacial score (nSPS) is 14.8. The second kappa shape index (κ2) is 8.47.